The van der Waals surface area contributed by atoms with Crippen molar-refractivity contribution in [3.63, 3.8) is 0 Å². The first-order chi connectivity index (χ1) is 13.2. The van der Waals surface area contributed by atoms with Crippen LogP contribution in [0.1, 0.15) is 11.3 Å². The number of nitrogens with zero attached hydrogens (tertiary/aromatic N) is 2. The zero-order chi connectivity index (χ0) is 18.6. The van der Waals surface area contributed by atoms with Gasteiger partial charge in [-0.15, -0.1) is 0 Å². The normalized spacial score (nSPS) is 10.7. The summed E-state index contributed by atoms with van der Waals surface area (Å²) in [5.41, 5.74) is 2.93. The van der Waals surface area contributed by atoms with Gasteiger partial charge in [0, 0.05) is 12.4 Å². The Morgan fingerprint density at radius 3 is 2.52 bits per heavy atom. The molecule has 134 valence electrons. The number of benzene rings is 1. The predicted octanol–water partition coefficient (Wildman–Crippen LogP) is 4.49. The number of hydrogen-bond donors (Lipinski definition) is 1. The molecular formula is C21H17N3O3. The Balaban J connectivity index is 1.68. The van der Waals surface area contributed by atoms with Crippen molar-refractivity contribution in [3.8, 4) is 22.6 Å². The summed E-state index contributed by atoms with van der Waals surface area (Å²) in [6.45, 7) is 1.86. The van der Waals surface area contributed by atoms with Crippen LogP contribution in [0.15, 0.2) is 75.9 Å². The molecule has 0 atom stereocenters. The van der Waals surface area contributed by atoms with Gasteiger partial charge in [-0.2, -0.15) is 0 Å². The standard InChI is InChI=1S/C21H17N3O3/c1-14-7-8-17(26-14)20-19(16-9-11-22-12-10-16)21(27-24-20)23-18(25)13-15-5-3-2-4-6-15/h2-12H,13H2,1H3,(H,23,25). The van der Waals surface area contributed by atoms with Gasteiger partial charge >= 0.3 is 0 Å². The molecule has 1 N–H and O–H groups in total. The van der Waals surface area contributed by atoms with Gasteiger partial charge in [-0.3, -0.25) is 15.1 Å². The van der Waals surface area contributed by atoms with Crippen LogP contribution >= 0.6 is 0 Å². The molecule has 0 fully saturated rings. The molecule has 6 nitrogen and oxygen atoms in total. The number of furan rings is 1. The first-order valence-corrected chi connectivity index (χ1v) is 8.51. The van der Waals surface area contributed by atoms with Gasteiger partial charge in [-0.25, -0.2) is 0 Å². The van der Waals surface area contributed by atoms with Crippen molar-refractivity contribution < 1.29 is 13.7 Å². The number of carbonyl (C=O) groups is 1. The quantitative estimate of drug-likeness (QED) is 0.568. The smallest absolute Gasteiger partial charge is 0.239 e. The van der Waals surface area contributed by atoms with Gasteiger partial charge in [0.25, 0.3) is 0 Å². The Bertz CT molecular complexity index is 1050. The third kappa shape index (κ3) is 3.64. The fourth-order valence-corrected chi connectivity index (χ4v) is 2.84. The molecular weight excluding hydrogens is 342 g/mol. The Morgan fingerprint density at radius 2 is 1.81 bits per heavy atom. The number of pyridine rings is 1. The van der Waals surface area contributed by atoms with Gasteiger partial charge in [-0.1, -0.05) is 35.5 Å². The van der Waals surface area contributed by atoms with E-state index in [1.807, 2.05) is 61.5 Å². The minimum Gasteiger partial charge on any atom is -0.460 e. The zero-order valence-corrected chi connectivity index (χ0v) is 14.7. The van der Waals surface area contributed by atoms with E-state index in [0.717, 1.165) is 16.9 Å². The van der Waals surface area contributed by atoms with Gasteiger partial charge < -0.3 is 8.94 Å². The third-order valence-corrected chi connectivity index (χ3v) is 4.10. The highest BCUT2D eigenvalue weighted by Gasteiger charge is 2.23. The molecule has 4 rings (SSSR count). The average molecular weight is 359 g/mol. The van der Waals surface area contributed by atoms with E-state index in [1.54, 1.807) is 12.4 Å². The topological polar surface area (TPSA) is 81.2 Å². The van der Waals surface area contributed by atoms with Crippen LogP contribution in [0.4, 0.5) is 5.88 Å². The number of hydrogen-bond acceptors (Lipinski definition) is 5. The van der Waals surface area contributed by atoms with Crippen LogP contribution in [0.25, 0.3) is 22.6 Å². The van der Waals surface area contributed by atoms with Crippen LogP contribution in [0.2, 0.25) is 0 Å². The van der Waals surface area contributed by atoms with Gasteiger partial charge in [0.15, 0.2) is 11.5 Å². The molecule has 0 aliphatic carbocycles. The molecule has 4 aromatic rings. The minimum atomic E-state index is -0.185. The van der Waals surface area contributed by atoms with Crippen molar-refractivity contribution in [1.82, 2.24) is 10.1 Å². The van der Waals surface area contributed by atoms with Gasteiger partial charge in [-0.05, 0) is 42.3 Å². The first-order valence-electron chi connectivity index (χ1n) is 8.51. The van der Waals surface area contributed by atoms with Crippen molar-refractivity contribution in [3.05, 3.63) is 78.3 Å². The molecule has 27 heavy (non-hydrogen) atoms. The molecule has 0 aliphatic rings. The molecule has 1 amide bonds. The second-order valence-corrected chi connectivity index (χ2v) is 6.09. The van der Waals surface area contributed by atoms with E-state index in [9.17, 15) is 4.79 Å². The second-order valence-electron chi connectivity index (χ2n) is 6.09. The summed E-state index contributed by atoms with van der Waals surface area (Å²) in [6.07, 6.45) is 3.59. The molecule has 3 aromatic heterocycles. The van der Waals surface area contributed by atoms with Crippen molar-refractivity contribution in [2.75, 3.05) is 5.32 Å². The molecule has 0 bridgehead atoms. The Hall–Kier alpha value is -3.67. The lowest BCUT2D eigenvalue weighted by atomic mass is 10.1. The van der Waals surface area contributed by atoms with Crippen molar-refractivity contribution in [1.29, 1.82) is 0 Å². The van der Waals surface area contributed by atoms with Gasteiger partial charge in [0.05, 0.1) is 12.0 Å². The van der Waals surface area contributed by atoms with Crippen LogP contribution < -0.4 is 5.32 Å². The lowest BCUT2D eigenvalue weighted by Crippen LogP contribution is -2.14. The summed E-state index contributed by atoms with van der Waals surface area (Å²) >= 11 is 0. The summed E-state index contributed by atoms with van der Waals surface area (Å²) < 4.78 is 11.2. The summed E-state index contributed by atoms with van der Waals surface area (Å²) in [5.74, 6) is 1.44. The molecule has 6 heteroatoms. The fraction of sp³-hybridized carbons (Fsp3) is 0.0952. The lowest BCUT2D eigenvalue weighted by Gasteiger charge is -2.05. The van der Waals surface area contributed by atoms with Crippen LogP contribution in [0.5, 0.6) is 0 Å². The zero-order valence-electron chi connectivity index (χ0n) is 14.7. The van der Waals surface area contributed by atoms with Crippen LogP contribution in [-0.4, -0.2) is 16.0 Å². The SMILES string of the molecule is Cc1ccc(-c2noc(NC(=O)Cc3ccccc3)c2-c2ccncc2)o1. The van der Waals surface area contributed by atoms with E-state index in [2.05, 4.69) is 15.5 Å². The number of amides is 1. The Labute approximate surface area is 155 Å². The number of nitrogens with one attached hydrogen (secondary N) is 1. The number of anilines is 1. The Morgan fingerprint density at radius 1 is 1.04 bits per heavy atom. The third-order valence-electron chi connectivity index (χ3n) is 4.10. The predicted molar refractivity (Wildman–Crippen MR) is 101 cm³/mol. The van der Waals surface area contributed by atoms with E-state index < -0.39 is 0 Å². The first kappa shape index (κ1) is 16.8. The van der Waals surface area contributed by atoms with Crippen LogP contribution in [0.3, 0.4) is 0 Å². The monoisotopic (exact) mass is 359 g/mol. The van der Waals surface area contributed by atoms with E-state index in [1.165, 1.54) is 0 Å². The second kappa shape index (κ2) is 7.29. The summed E-state index contributed by atoms with van der Waals surface area (Å²) in [4.78, 5) is 16.5. The molecule has 1 aromatic carbocycles. The molecule has 0 unspecified atom stereocenters. The Kier molecular flexibility index (Phi) is 4.53. The van der Waals surface area contributed by atoms with Crippen molar-refractivity contribution in [2.24, 2.45) is 0 Å². The fourth-order valence-electron chi connectivity index (χ4n) is 2.84. The highest BCUT2D eigenvalue weighted by molar-refractivity contribution is 5.97. The summed E-state index contributed by atoms with van der Waals surface area (Å²) in [7, 11) is 0. The maximum absolute atomic E-state index is 12.5. The minimum absolute atomic E-state index is 0.185. The maximum Gasteiger partial charge on any atom is 0.239 e. The van der Waals surface area contributed by atoms with Gasteiger partial charge in [0.2, 0.25) is 11.8 Å². The van der Waals surface area contributed by atoms with E-state index in [0.29, 0.717) is 17.0 Å². The molecule has 0 saturated heterocycles. The van der Waals surface area contributed by atoms with Crippen molar-refractivity contribution in [2.45, 2.75) is 13.3 Å². The number of aromatic nitrogens is 2. The van der Waals surface area contributed by atoms with Crippen LogP contribution in [0, 0.1) is 6.92 Å². The van der Waals surface area contributed by atoms with E-state index >= 15 is 0 Å². The summed E-state index contributed by atoms with van der Waals surface area (Å²) in [6, 6.07) is 16.9. The molecule has 3 heterocycles. The number of carbonyl (C=O) groups excluding carboxylic acids is 1. The average Bonchev–Trinajstić information content (AvgIpc) is 3.29. The highest BCUT2D eigenvalue weighted by atomic mass is 16.5. The molecule has 0 aliphatic heterocycles. The molecule has 0 saturated carbocycles. The molecule has 0 radical (unpaired) electrons. The largest absolute Gasteiger partial charge is 0.460 e. The highest BCUT2D eigenvalue weighted by Crippen LogP contribution is 2.38. The van der Waals surface area contributed by atoms with Crippen LogP contribution in [-0.2, 0) is 11.2 Å². The van der Waals surface area contributed by atoms with E-state index in [4.69, 9.17) is 8.94 Å². The molecule has 0 spiro atoms. The summed E-state index contributed by atoms with van der Waals surface area (Å²) in [5, 5.41) is 6.96. The number of aryl methyl sites for hydroxylation is 1. The van der Waals surface area contributed by atoms with Gasteiger partial charge in [0.1, 0.15) is 5.76 Å². The van der Waals surface area contributed by atoms with Crippen molar-refractivity contribution >= 4 is 11.8 Å². The maximum atomic E-state index is 12.5. The van der Waals surface area contributed by atoms with E-state index in [-0.39, 0.29) is 18.2 Å². The lowest BCUT2D eigenvalue weighted by molar-refractivity contribution is -0.115. The number of rotatable bonds is 5.